The third kappa shape index (κ3) is 2.60. The van der Waals surface area contributed by atoms with Crippen LogP contribution in [0.15, 0.2) is 89.7 Å². The molecule has 0 amide bonds. The van der Waals surface area contributed by atoms with E-state index in [0.29, 0.717) is 5.65 Å². The van der Waals surface area contributed by atoms with Gasteiger partial charge in [-0.05, 0) is 37.4 Å². The summed E-state index contributed by atoms with van der Waals surface area (Å²) in [5, 5.41) is 3.77. The summed E-state index contributed by atoms with van der Waals surface area (Å²) in [7, 11) is 0. The molecule has 0 radical (unpaired) electrons. The summed E-state index contributed by atoms with van der Waals surface area (Å²) in [6, 6.07) is 28.7. The van der Waals surface area contributed by atoms with Gasteiger partial charge in [-0.3, -0.25) is 9.20 Å². The zero-order chi connectivity index (χ0) is 21.1. The Balaban J connectivity index is 1.87. The summed E-state index contributed by atoms with van der Waals surface area (Å²) in [6.45, 7) is 4.15. The highest BCUT2D eigenvalue weighted by Gasteiger charge is 2.22. The van der Waals surface area contributed by atoms with E-state index in [9.17, 15) is 4.79 Å². The van der Waals surface area contributed by atoms with Crippen molar-refractivity contribution in [3.8, 4) is 22.5 Å². The summed E-state index contributed by atoms with van der Waals surface area (Å²) < 4.78 is 1.81. The Morgan fingerprint density at radius 3 is 2.03 bits per heavy atom. The maximum Gasteiger partial charge on any atom is 0.264 e. The predicted molar refractivity (Wildman–Crippen MR) is 128 cm³/mol. The molecule has 0 unspecified atom stereocenters. The zero-order valence-electron chi connectivity index (χ0n) is 17.4. The van der Waals surface area contributed by atoms with E-state index in [4.69, 9.17) is 4.98 Å². The van der Waals surface area contributed by atoms with Crippen LogP contribution in [0, 0.1) is 13.8 Å². The van der Waals surface area contributed by atoms with Crippen molar-refractivity contribution in [3.63, 3.8) is 0 Å². The molecule has 0 saturated heterocycles. The summed E-state index contributed by atoms with van der Waals surface area (Å²) >= 11 is 0. The second-order valence-electron chi connectivity index (χ2n) is 8.22. The average Bonchev–Trinajstić information content (AvgIpc) is 3.18. The van der Waals surface area contributed by atoms with Crippen LogP contribution in [0.2, 0.25) is 0 Å². The van der Waals surface area contributed by atoms with Gasteiger partial charge in [0.25, 0.3) is 5.56 Å². The zero-order valence-corrected chi connectivity index (χ0v) is 17.4. The van der Waals surface area contributed by atoms with Gasteiger partial charge in [0.1, 0.15) is 5.65 Å². The maximum atomic E-state index is 13.8. The van der Waals surface area contributed by atoms with Gasteiger partial charge in [0.2, 0.25) is 0 Å². The summed E-state index contributed by atoms with van der Waals surface area (Å²) in [6.07, 6.45) is 0. The molecule has 0 fully saturated rings. The third-order valence-electron chi connectivity index (χ3n) is 6.04. The van der Waals surface area contributed by atoms with Gasteiger partial charge >= 0.3 is 0 Å². The fourth-order valence-electron chi connectivity index (χ4n) is 4.68. The van der Waals surface area contributed by atoms with E-state index in [0.717, 1.165) is 55.2 Å². The molecule has 3 heteroatoms. The molecule has 0 aliphatic heterocycles. The SMILES string of the molecule is Cc1cccc(-c2nc3c4cccc5cccc(c(=O)n3c2-c2cccc(C)c2)c54)c1. The average molecular weight is 400 g/mol. The highest BCUT2D eigenvalue weighted by Crippen LogP contribution is 2.36. The van der Waals surface area contributed by atoms with Gasteiger partial charge in [-0.25, -0.2) is 4.98 Å². The largest absolute Gasteiger partial charge is 0.268 e. The molecule has 6 rings (SSSR count). The van der Waals surface area contributed by atoms with Crippen molar-refractivity contribution in [1.82, 2.24) is 9.38 Å². The molecule has 0 bridgehead atoms. The molecule has 6 aromatic rings. The Hall–Kier alpha value is -3.98. The third-order valence-corrected chi connectivity index (χ3v) is 6.04. The Kier molecular flexibility index (Phi) is 3.75. The van der Waals surface area contributed by atoms with Crippen molar-refractivity contribution in [1.29, 1.82) is 0 Å². The van der Waals surface area contributed by atoms with Gasteiger partial charge in [0.15, 0.2) is 0 Å². The van der Waals surface area contributed by atoms with Gasteiger partial charge in [-0.15, -0.1) is 0 Å². The van der Waals surface area contributed by atoms with E-state index in [2.05, 4.69) is 68.4 Å². The second kappa shape index (κ2) is 6.51. The highest BCUT2D eigenvalue weighted by molar-refractivity contribution is 6.15. The number of imidazole rings is 1. The molecule has 0 spiro atoms. The summed E-state index contributed by atoms with van der Waals surface area (Å²) in [5.41, 5.74) is 6.69. The van der Waals surface area contributed by atoms with Crippen molar-refractivity contribution in [2.75, 3.05) is 0 Å². The van der Waals surface area contributed by atoms with Crippen molar-refractivity contribution < 1.29 is 0 Å². The van der Waals surface area contributed by atoms with Crippen LogP contribution < -0.4 is 5.56 Å². The first-order valence-electron chi connectivity index (χ1n) is 10.5. The van der Waals surface area contributed by atoms with Gasteiger partial charge in [0.05, 0.1) is 11.4 Å². The van der Waals surface area contributed by atoms with Crippen LogP contribution in [0.5, 0.6) is 0 Å². The van der Waals surface area contributed by atoms with Gasteiger partial charge in [-0.1, -0.05) is 77.9 Å². The lowest BCUT2D eigenvalue weighted by Crippen LogP contribution is -2.14. The van der Waals surface area contributed by atoms with E-state index in [-0.39, 0.29) is 5.56 Å². The van der Waals surface area contributed by atoms with Crippen LogP contribution in [-0.4, -0.2) is 9.38 Å². The van der Waals surface area contributed by atoms with E-state index in [1.54, 1.807) is 0 Å². The molecule has 4 aromatic carbocycles. The second-order valence-corrected chi connectivity index (χ2v) is 8.22. The van der Waals surface area contributed by atoms with E-state index < -0.39 is 0 Å². The summed E-state index contributed by atoms with van der Waals surface area (Å²) in [5.74, 6) is 0. The van der Waals surface area contributed by atoms with Gasteiger partial charge < -0.3 is 0 Å². The molecular formula is C28H20N2O. The van der Waals surface area contributed by atoms with Crippen LogP contribution in [0.3, 0.4) is 0 Å². The maximum absolute atomic E-state index is 13.8. The van der Waals surface area contributed by atoms with E-state index in [1.807, 2.05) is 34.7 Å². The molecule has 148 valence electrons. The number of rotatable bonds is 2. The fraction of sp³-hybridized carbons (Fsp3) is 0.0714. The molecule has 2 heterocycles. The first kappa shape index (κ1) is 17.8. The molecule has 3 nitrogen and oxygen atoms in total. The van der Waals surface area contributed by atoms with Crippen molar-refractivity contribution in [2.45, 2.75) is 13.8 Å². The predicted octanol–water partition coefficient (Wildman–Crippen LogP) is 6.39. The summed E-state index contributed by atoms with van der Waals surface area (Å²) in [4.78, 5) is 18.9. The van der Waals surface area contributed by atoms with Crippen LogP contribution >= 0.6 is 0 Å². The molecule has 0 aliphatic rings. The topological polar surface area (TPSA) is 34.4 Å². The van der Waals surface area contributed by atoms with Gasteiger partial charge in [-0.2, -0.15) is 0 Å². The standard InChI is InChI=1S/C28H20N2O/c1-17-7-3-11-20(15-17)25-26(21-12-4-8-18(2)16-21)30-27(29-25)22-13-5-9-19-10-6-14-23(24(19)22)28(30)31/h3-16H,1-2H3. The van der Waals surface area contributed by atoms with Crippen molar-refractivity contribution >= 4 is 27.2 Å². The lowest BCUT2D eigenvalue weighted by Gasteiger charge is -2.09. The fourth-order valence-corrected chi connectivity index (χ4v) is 4.68. The van der Waals surface area contributed by atoms with Crippen molar-refractivity contribution in [3.05, 3.63) is 106 Å². The van der Waals surface area contributed by atoms with Crippen LogP contribution in [0.4, 0.5) is 0 Å². The molecule has 0 saturated carbocycles. The van der Waals surface area contributed by atoms with Crippen LogP contribution in [-0.2, 0) is 0 Å². The molecule has 31 heavy (non-hydrogen) atoms. The molecule has 0 aliphatic carbocycles. The minimum absolute atomic E-state index is 0.0257. The minimum Gasteiger partial charge on any atom is -0.268 e. The number of aromatic nitrogens is 2. The van der Waals surface area contributed by atoms with E-state index >= 15 is 0 Å². The Labute approximate surface area is 179 Å². The molecule has 0 N–H and O–H groups in total. The first-order chi connectivity index (χ1) is 15.1. The quantitative estimate of drug-likeness (QED) is 0.337. The number of hydrogen-bond acceptors (Lipinski definition) is 2. The normalized spacial score (nSPS) is 11.7. The van der Waals surface area contributed by atoms with E-state index in [1.165, 1.54) is 0 Å². The number of pyridine rings is 1. The number of benzene rings is 4. The number of aryl methyl sites for hydroxylation is 2. The Bertz CT molecular complexity index is 1670. The Morgan fingerprint density at radius 1 is 0.710 bits per heavy atom. The smallest absolute Gasteiger partial charge is 0.264 e. The monoisotopic (exact) mass is 400 g/mol. The highest BCUT2D eigenvalue weighted by atomic mass is 16.1. The lowest BCUT2D eigenvalue weighted by atomic mass is 10.0. The van der Waals surface area contributed by atoms with Crippen LogP contribution in [0.1, 0.15) is 11.1 Å². The molecular weight excluding hydrogens is 380 g/mol. The number of fused-ring (bicyclic) bond motifs is 2. The lowest BCUT2D eigenvalue weighted by molar-refractivity contribution is 1.15. The van der Waals surface area contributed by atoms with Crippen LogP contribution in [0.25, 0.3) is 49.7 Å². The molecule has 0 atom stereocenters. The first-order valence-corrected chi connectivity index (χ1v) is 10.5. The number of hydrogen-bond donors (Lipinski definition) is 0. The molecule has 2 aromatic heterocycles. The Morgan fingerprint density at radius 2 is 1.32 bits per heavy atom. The minimum atomic E-state index is -0.0257. The van der Waals surface area contributed by atoms with Gasteiger partial charge in [0, 0.05) is 27.3 Å². The number of nitrogens with zero attached hydrogens (tertiary/aromatic N) is 2. The van der Waals surface area contributed by atoms with Crippen molar-refractivity contribution in [2.24, 2.45) is 0 Å².